The molecule has 0 radical (unpaired) electrons. The molecule has 1 fully saturated rings. The van der Waals surface area contributed by atoms with E-state index in [4.69, 9.17) is 23.7 Å². The van der Waals surface area contributed by atoms with Crippen LogP contribution in [0.1, 0.15) is 58.8 Å². The minimum atomic E-state index is -1.60. The van der Waals surface area contributed by atoms with E-state index in [-0.39, 0.29) is 5.56 Å². The van der Waals surface area contributed by atoms with E-state index >= 15 is 0 Å². The van der Waals surface area contributed by atoms with E-state index in [9.17, 15) is 28.8 Å². The number of nitrogens with one attached hydrogen (secondary N) is 1. The molecule has 14 nitrogen and oxygen atoms in total. The van der Waals surface area contributed by atoms with Crippen molar-refractivity contribution in [2.75, 3.05) is 13.2 Å². The Kier molecular flexibility index (Phi) is 11.0. The van der Waals surface area contributed by atoms with Crippen LogP contribution in [-0.2, 0) is 47.7 Å². The fourth-order valence-electron chi connectivity index (χ4n) is 4.78. The van der Waals surface area contributed by atoms with Crippen LogP contribution in [0.5, 0.6) is 0 Å². The molecule has 1 aliphatic rings. The molecular formula is C30H37N3O11. The van der Waals surface area contributed by atoms with Crippen LogP contribution in [0.15, 0.2) is 36.5 Å². The van der Waals surface area contributed by atoms with Crippen molar-refractivity contribution in [1.82, 2.24) is 15.2 Å². The third kappa shape index (κ3) is 8.96. The van der Waals surface area contributed by atoms with Gasteiger partial charge in [0, 0.05) is 44.8 Å². The molecule has 1 aromatic heterocycles. The van der Waals surface area contributed by atoms with Crippen LogP contribution >= 0.6 is 0 Å². The Morgan fingerprint density at radius 2 is 1.43 bits per heavy atom. The predicted molar refractivity (Wildman–Crippen MR) is 153 cm³/mol. The molecule has 1 saturated heterocycles. The summed E-state index contributed by atoms with van der Waals surface area (Å²) < 4.78 is 27.8. The second-order valence-corrected chi connectivity index (χ2v) is 11.2. The first kappa shape index (κ1) is 33.9. The molecule has 1 N–H and O–H groups in total. The van der Waals surface area contributed by atoms with E-state index in [1.54, 1.807) is 45.0 Å². The summed E-state index contributed by atoms with van der Waals surface area (Å²) in [4.78, 5) is 81.5. The first-order chi connectivity index (χ1) is 20.6. The summed E-state index contributed by atoms with van der Waals surface area (Å²) in [6.07, 6.45) is -5.99. The summed E-state index contributed by atoms with van der Waals surface area (Å²) in [7, 11) is 0. The van der Waals surface area contributed by atoms with Crippen LogP contribution in [0.2, 0.25) is 0 Å². The highest BCUT2D eigenvalue weighted by atomic mass is 16.7. The van der Waals surface area contributed by atoms with Gasteiger partial charge in [-0.15, -0.1) is 0 Å². The number of nitrogens with zero attached hydrogens (tertiary/aromatic N) is 2. The summed E-state index contributed by atoms with van der Waals surface area (Å²) in [5.41, 5.74) is -0.264. The van der Waals surface area contributed by atoms with Crippen LogP contribution in [0.3, 0.4) is 0 Å². The van der Waals surface area contributed by atoms with E-state index in [1.807, 2.05) is 0 Å². The van der Waals surface area contributed by atoms with Crippen LogP contribution < -0.4 is 5.32 Å². The van der Waals surface area contributed by atoms with Gasteiger partial charge >= 0.3 is 23.9 Å². The fourth-order valence-corrected chi connectivity index (χ4v) is 4.78. The number of esters is 4. The van der Waals surface area contributed by atoms with Crippen molar-refractivity contribution < 1.29 is 52.5 Å². The maximum atomic E-state index is 14.4. The predicted octanol–water partition coefficient (Wildman–Crippen LogP) is 1.67. The van der Waals surface area contributed by atoms with Crippen molar-refractivity contribution in [3.8, 4) is 0 Å². The van der Waals surface area contributed by atoms with Gasteiger partial charge in [0.2, 0.25) is 5.91 Å². The first-order valence-electron chi connectivity index (χ1n) is 13.8. The topological polar surface area (TPSA) is 177 Å². The summed E-state index contributed by atoms with van der Waals surface area (Å²) in [5, 5.41) is 3.42. The van der Waals surface area contributed by atoms with E-state index in [2.05, 4.69) is 10.3 Å². The number of para-hydroxylation sites is 1. The molecule has 2 amide bonds. The SMILES string of the molecule is CC(=O)OC[C@H]1O[C@@H](N(CC(=O)NC(C)(C)C)C(=O)c2cccc3cccnc23)[C@H](OC(C)=O)[C@@H](OC(C)=O)[C@H]1OC(C)=O. The lowest BCUT2D eigenvalue weighted by molar-refractivity contribution is -0.272. The van der Waals surface area contributed by atoms with Gasteiger partial charge in [-0.2, -0.15) is 0 Å². The number of aromatic nitrogens is 1. The minimum absolute atomic E-state index is 0.0968. The van der Waals surface area contributed by atoms with Crippen LogP contribution in [0, 0.1) is 0 Å². The summed E-state index contributed by atoms with van der Waals surface area (Å²) >= 11 is 0. The number of hydrogen-bond acceptors (Lipinski definition) is 12. The lowest BCUT2D eigenvalue weighted by atomic mass is 9.96. The van der Waals surface area contributed by atoms with Gasteiger partial charge in [0.05, 0.1) is 11.1 Å². The minimum Gasteiger partial charge on any atom is -0.463 e. The smallest absolute Gasteiger partial charge is 0.303 e. The summed E-state index contributed by atoms with van der Waals surface area (Å²) in [6, 6.07) is 8.36. The van der Waals surface area contributed by atoms with Gasteiger partial charge < -0.3 is 29.0 Å². The van der Waals surface area contributed by atoms with Crippen LogP contribution in [-0.4, -0.2) is 94.9 Å². The highest BCUT2D eigenvalue weighted by Crippen LogP contribution is 2.32. The molecule has 0 bridgehead atoms. The Balaban J connectivity index is 2.22. The molecule has 0 spiro atoms. The number of rotatable bonds is 9. The molecule has 1 aromatic carbocycles. The molecule has 14 heteroatoms. The zero-order valence-electron chi connectivity index (χ0n) is 25.7. The number of carbonyl (C=O) groups excluding carboxylic acids is 6. The molecule has 0 saturated carbocycles. The quantitative estimate of drug-likeness (QED) is 0.319. The number of pyridine rings is 1. The van der Waals surface area contributed by atoms with Crippen molar-refractivity contribution in [1.29, 1.82) is 0 Å². The van der Waals surface area contributed by atoms with Gasteiger partial charge in [0.1, 0.15) is 19.3 Å². The van der Waals surface area contributed by atoms with Crippen molar-refractivity contribution in [3.63, 3.8) is 0 Å². The van der Waals surface area contributed by atoms with E-state index in [0.717, 1.165) is 32.6 Å². The number of fused-ring (bicyclic) bond motifs is 1. The van der Waals surface area contributed by atoms with Crippen LogP contribution in [0.4, 0.5) is 0 Å². The first-order valence-corrected chi connectivity index (χ1v) is 13.8. The standard InChI is InChI=1S/C30H37N3O11/c1-16(34)40-15-22-25(41-17(2)35)26(42-18(3)36)27(43-19(4)37)29(44-22)33(14-23(38)32-30(5,6)7)28(39)21-12-8-10-20-11-9-13-31-24(20)21/h8-13,22,25-27,29H,14-15H2,1-7H3,(H,32,38)/t22-,25+,26+,27-,29-/m1/s1. The zero-order chi connectivity index (χ0) is 32.8. The molecule has 1 aliphatic heterocycles. The summed E-state index contributed by atoms with van der Waals surface area (Å²) in [6.45, 7) is 8.56. The van der Waals surface area contributed by atoms with Crippen molar-refractivity contribution in [2.24, 2.45) is 0 Å². The maximum absolute atomic E-state index is 14.4. The van der Waals surface area contributed by atoms with E-state index < -0.39 is 85.0 Å². The number of ether oxygens (including phenoxy) is 5. The zero-order valence-corrected chi connectivity index (χ0v) is 25.7. The fraction of sp³-hybridized carbons (Fsp3) is 0.500. The van der Waals surface area contributed by atoms with Crippen LogP contribution in [0.25, 0.3) is 10.9 Å². The monoisotopic (exact) mass is 615 g/mol. The van der Waals surface area contributed by atoms with Crippen molar-refractivity contribution >= 4 is 46.6 Å². The van der Waals surface area contributed by atoms with E-state index in [1.165, 1.54) is 12.3 Å². The number of hydrogen-bond donors (Lipinski definition) is 1. The normalized spacial score (nSPS) is 21.5. The number of benzene rings is 1. The highest BCUT2D eigenvalue weighted by Gasteiger charge is 2.55. The van der Waals surface area contributed by atoms with Gasteiger partial charge in [-0.3, -0.25) is 38.7 Å². The number of carbonyl (C=O) groups is 6. The van der Waals surface area contributed by atoms with Crippen molar-refractivity contribution in [3.05, 3.63) is 42.1 Å². The van der Waals surface area contributed by atoms with E-state index in [0.29, 0.717) is 10.9 Å². The highest BCUT2D eigenvalue weighted by molar-refractivity contribution is 6.06. The second-order valence-electron chi connectivity index (χ2n) is 11.2. The molecule has 3 rings (SSSR count). The lowest BCUT2D eigenvalue weighted by Gasteiger charge is -2.47. The molecule has 0 aliphatic carbocycles. The van der Waals surface area contributed by atoms with Gasteiger partial charge in [-0.1, -0.05) is 18.2 Å². The Bertz CT molecular complexity index is 1420. The molecule has 5 atom stereocenters. The van der Waals surface area contributed by atoms with Gasteiger partial charge in [-0.05, 0) is 32.9 Å². The van der Waals surface area contributed by atoms with Gasteiger partial charge in [0.25, 0.3) is 5.91 Å². The Hall–Kier alpha value is -4.59. The Labute approximate surface area is 254 Å². The average molecular weight is 616 g/mol. The largest absolute Gasteiger partial charge is 0.463 e. The molecule has 2 heterocycles. The summed E-state index contributed by atoms with van der Waals surface area (Å²) in [5.74, 6) is -4.51. The van der Waals surface area contributed by atoms with Gasteiger partial charge in [-0.25, -0.2) is 0 Å². The Morgan fingerprint density at radius 3 is 2.02 bits per heavy atom. The third-order valence-corrected chi connectivity index (χ3v) is 6.23. The molecule has 0 unspecified atom stereocenters. The molecule has 238 valence electrons. The maximum Gasteiger partial charge on any atom is 0.303 e. The third-order valence-electron chi connectivity index (χ3n) is 6.23. The molecule has 2 aromatic rings. The lowest BCUT2D eigenvalue weighted by Crippen LogP contribution is -2.67. The second kappa shape index (κ2) is 14.3. The number of amides is 2. The van der Waals surface area contributed by atoms with Gasteiger partial charge in [0.15, 0.2) is 24.5 Å². The Morgan fingerprint density at radius 1 is 0.841 bits per heavy atom. The molecule has 44 heavy (non-hydrogen) atoms. The van der Waals surface area contributed by atoms with Crippen molar-refractivity contribution in [2.45, 2.75) is 84.6 Å². The molecular weight excluding hydrogens is 578 g/mol. The average Bonchev–Trinajstić information content (AvgIpc) is 2.90.